The molecule has 0 amide bonds. The minimum absolute atomic E-state index is 0.0382. The zero-order valence-corrected chi connectivity index (χ0v) is 10.1. The number of hydrogen-bond acceptors (Lipinski definition) is 3. The van der Waals surface area contributed by atoms with E-state index in [1.807, 2.05) is 27.7 Å². The first-order chi connectivity index (χ1) is 7.00. The van der Waals surface area contributed by atoms with E-state index in [4.69, 9.17) is 22.1 Å². The van der Waals surface area contributed by atoms with Crippen LogP contribution in [0.3, 0.4) is 0 Å². The highest BCUT2D eigenvalue weighted by molar-refractivity contribution is 6.11. The molecule has 2 radical (unpaired) electrons. The summed E-state index contributed by atoms with van der Waals surface area (Å²) in [7, 11) is 5.82. The minimum Gasteiger partial charge on any atom is -0.385 e. The van der Waals surface area contributed by atoms with Crippen LogP contribution < -0.4 is 0 Å². The van der Waals surface area contributed by atoms with Gasteiger partial charge in [0.2, 0.25) is 0 Å². The molecule has 1 heterocycles. The molecule has 0 bridgehead atoms. The van der Waals surface area contributed by atoms with Crippen LogP contribution in [0, 0.1) is 5.92 Å². The number of hydrogen-bond donors (Lipinski definition) is 0. The van der Waals surface area contributed by atoms with E-state index in [0.29, 0.717) is 13.2 Å². The molecule has 1 rings (SSSR count). The van der Waals surface area contributed by atoms with Gasteiger partial charge in [0.1, 0.15) is 7.85 Å². The van der Waals surface area contributed by atoms with E-state index in [9.17, 15) is 0 Å². The Hall–Kier alpha value is -0.0551. The fourth-order valence-corrected chi connectivity index (χ4v) is 1.65. The molecule has 1 saturated heterocycles. The standard InChI is InChI=1S/C11H21BO3/c1-7(2)13-5-9-6-14-11(12)10(9)15-8(3)4/h7-11H,5-6H2,1-4H3/t9?,10-,11+/m0/s1. The third kappa shape index (κ3) is 4.13. The molecule has 0 aromatic rings. The second-order valence-electron chi connectivity index (χ2n) is 4.59. The fourth-order valence-electron chi connectivity index (χ4n) is 1.65. The zero-order chi connectivity index (χ0) is 11.4. The van der Waals surface area contributed by atoms with E-state index in [-0.39, 0.29) is 30.2 Å². The van der Waals surface area contributed by atoms with Crippen LogP contribution in [0.15, 0.2) is 0 Å². The molecule has 3 atom stereocenters. The third-order valence-corrected chi connectivity index (χ3v) is 2.36. The Bertz CT molecular complexity index is 185. The lowest BCUT2D eigenvalue weighted by Crippen LogP contribution is -2.35. The lowest BCUT2D eigenvalue weighted by atomic mass is 9.89. The number of rotatable bonds is 5. The van der Waals surface area contributed by atoms with Crippen molar-refractivity contribution < 1.29 is 14.2 Å². The van der Waals surface area contributed by atoms with Crippen LogP contribution in [0.5, 0.6) is 0 Å². The van der Waals surface area contributed by atoms with Crippen molar-refractivity contribution in [2.24, 2.45) is 5.92 Å². The molecule has 1 aliphatic heterocycles. The Morgan fingerprint density at radius 3 is 2.47 bits per heavy atom. The highest BCUT2D eigenvalue weighted by atomic mass is 16.6. The van der Waals surface area contributed by atoms with Gasteiger partial charge in [-0.3, -0.25) is 0 Å². The molecule has 15 heavy (non-hydrogen) atoms. The molecule has 4 heteroatoms. The van der Waals surface area contributed by atoms with Crippen molar-refractivity contribution in [2.45, 2.75) is 52.0 Å². The van der Waals surface area contributed by atoms with Crippen LogP contribution in [0.4, 0.5) is 0 Å². The molecule has 0 aromatic heterocycles. The zero-order valence-electron chi connectivity index (χ0n) is 10.1. The average Bonchev–Trinajstić information content (AvgIpc) is 2.44. The van der Waals surface area contributed by atoms with Crippen molar-refractivity contribution in [2.75, 3.05) is 13.2 Å². The van der Waals surface area contributed by atoms with Gasteiger partial charge in [-0.2, -0.15) is 0 Å². The van der Waals surface area contributed by atoms with Gasteiger partial charge in [0.05, 0.1) is 31.5 Å². The average molecular weight is 212 g/mol. The van der Waals surface area contributed by atoms with Gasteiger partial charge >= 0.3 is 0 Å². The molecule has 1 aliphatic rings. The minimum atomic E-state index is -0.312. The Labute approximate surface area is 93.9 Å². The van der Waals surface area contributed by atoms with Gasteiger partial charge in [-0.05, 0) is 27.7 Å². The molecule has 0 saturated carbocycles. The summed E-state index contributed by atoms with van der Waals surface area (Å²) in [5.41, 5.74) is 0. The van der Waals surface area contributed by atoms with Crippen molar-refractivity contribution in [3.63, 3.8) is 0 Å². The van der Waals surface area contributed by atoms with E-state index >= 15 is 0 Å². The van der Waals surface area contributed by atoms with Gasteiger partial charge in [0.25, 0.3) is 0 Å². The van der Waals surface area contributed by atoms with Crippen molar-refractivity contribution in [1.82, 2.24) is 0 Å². The summed E-state index contributed by atoms with van der Waals surface area (Å²) >= 11 is 0. The summed E-state index contributed by atoms with van der Waals surface area (Å²) < 4.78 is 16.7. The summed E-state index contributed by atoms with van der Waals surface area (Å²) in [5.74, 6) is 0.254. The first-order valence-corrected chi connectivity index (χ1v) is 5.65. The second kappa shape index (κ2) is 5.87. The van der Waals surface area contributed by atoms with Gasteiger partial charge < -0.3 is 14.2 Å². The van der Waals surface area contributed by atoms with Gasteiger partial charge in [0.15, 0.2) is 0 Å². The van der Waals surface area contributed by atoms with Gasteiger partial charge in [0, 0.05) is 11.9 Å². The van der Waals surface area contributed by atoms with Crippen LogP contribution in [0.2, 0.25) is 0 Å². The van der Waals surface area contributed by atoms with E-state index in [0.717, 1.165) is 0 Å². The maximum atomic E-state index is 5.82. The summed E-state index contributed by atoms with van der Waals surface area (Å²) in [5, 5.41) is 0. The quantitative estimate of drug-likeness (QED) is 0.643. The fraction of sp³-hybridized carbons (Fsp3) is 1.00. The van der Waals surface area contributed by atoms with Crippen molar-refractivity contribution in [3.05, 3.63) is 0 Å². The van der Waals surface area contributed by atoms with Crippen LogP contribution in [-0.2, 0) is 14.2 Å². The van der Waals surface area contributed by atoms with Gasteiger partial charge in [-0.1, -0.05) is 0 Å². The molecule has 86 valence electrons. The molecule has 0 aromatic carbocycles. The summed E-state index contributed by atoms with van der Waals surface area (Å²) in [4.78, 5) is 0. The van der Waals surface area contributed by atoms with Crippen molar-refractivity contribution in [3.8, 4) is 0 Å². The van der Waals surface area contributed by atoms with Gasteiger partial charge in [-0.25, -0.2) is 0 Å². The van der Waals surface area contributed by atoms with Crippen molar-refractivity contribution >= 4 is 7.85 Å². The Balaban J connectivity index is 2.41. The molecule has 1 unspecified atom stereocenters. The normalized spacial score (nSPS) is 31.7. The summed E-state index contributed by atoms with van der Waals surface area (Å²) in [6.45, 7) is 9.34. The Morgan fingerprint density at radius 2 is 1.93 bits per heavy atom. The third-order valence-electron chi connectivity index (χ3n) is 2.36. The number of ether oxygens (including phenoxy) is 3. The molecule has 1 fully saturated rings. The molecule has 0 N–H and O–H groups in total. The van der Waals surface area contributed by atoms with E-state index in [1.54, 1.807) is 0 Å². The lowest BCUT2D eigenvalue weighted by molar-refractivity contribution is -0.0462. The van der Waals surface area contributed by atoms with Crippen LogP contribution in [-0.4, -0.2) is 45.4 Å². The van der Waals surface area contributed by atoms with Crippen LogP contribution in [0.25, 0.3) is 0 Å². The molecule has 0 spiro atoms. The highest BCUT2D eigenvalue weighted by Crippen LogP contribution is 2.23. The molecule has 0 aliphatic carbocycles. The lowest BCUT2D eigenvalue weighted by Gasteiger charge is -2.24. The van der Waals surface area contributed by atoms with E-state index < -0.39 is 0 Å². The maximum absolute atomic E-state index is 5.82. The first kappa shape index (κ1) is 13.0. The van der Waals surface area contributed by atoms with Crippen molar-refractivity contribution in [1.29, 1.82) is 0 Å². The predicted octanol–water partition coefficient (Wildman–Crippen LogP) is 1.35. The van der Waals surface area contributed by atoms with Crippen LogP contribution >= 0.6 is 0 Å². The second-order valence-corrected chi connectivity index (χ2v) is 4.59. The SMILES string of the molecule is [B][C@@H]1OCC(COC(C)C)[C@@H]1OC(C)C. The maximum Gasteiger partial charge on any atom is 0.112 e. The Kier molecular flexibility index (Phi) is 5.10. The molecule has 3 nitrogen and oxygen atoms in total. The summed E-state index contributed by atoms with van der Waals surface area (Å²) in [6, 6.07) is -0.312. The largest absolute Gasteiger partial charge is 0.385 e. The van der Waals surface area contributed by atoms with E-state index in [2.05, 4.69) is 0 Å². The smallest absolute Gasteiger partial charge is 0.112 e. The molecular weight excluding hydrogens is 191 g/mol. The van der Waals surface area contributed by atoms with Gasteiger partial charge in [-0.15, -0.1) is 0 Å². The topological polar surface area (TPSA) is 27.7 Å². The monoisotopic (exact) mass is 212 g/mol. The molecular formula is C11H21BO3. The predicted molar refractivity (Wildman–Crippen MR) is 60.1 cm³/mol. The van der Waals surface area contributed by atoms with Crippen LogP contribution in [0.1, 0.15) is 27.7 Å². The first-order valence-electron chi connectivity index (χ1n) is 5.65. The summed E-state index contributed by atoms with van der Waals surface area (Å²) in [6.07, 6.45) is 0.370. The Morgan fingerprint density at radius 1 is 1.27 bits per heavy atom. The van der Waals surface area contributed by atoms with E-state index in [1.165, 1.54) is 0 Å². The highest BCUT2D eigenvalue weighted by Gasteiger charge is 2.35.